The van der Waals surface area contributed by atoms with Crippen molar-refractivity contribution in [1.29, 1.82) is 0 Å². The second-order valence-corrected chi connectivity index (χ2v) is 7.52. The SMILES string of the molecule is C=O.CC.CCC(C)CCc1ccccc1C.CCC(N)=O.O=Cc1ccc2ccccc2c1. The lowest BCUT2D eigenvalue weighted by atomic mass is 9.97. The molecule has 0 saturated carbocycles. The van der Waals surface area contributed by atoms with Crippen LogP contribution >= 0.6 is 0 Å². The lowest BCUT2D eigenvalue weighted by Gasteiger charge is -2.09. The zero-order chi connectivity index (χ0) is 26.4. The average Bonchev–Trinajstić information content (AvgIpc) is 2.90. The Morgan fingerprint density at radius 3 is 1.97 bits per heavy atom. The van der Waals surface area contributed by atoms with E-state index in [9.17, 15) is 9.59 Å². The maximum absolute atomic E-state index is 10.5. The molecule has 3 aromatic rings. The molecule has 0 bridgehead atoms. The van der Waals surface area contributed by atoms with Crippen molar-refractivity contribution in [3.63, 3.8) is 0 Å². The van der Waals surface area contributed by atoms with E-state index in [0.717, 1.165) is 23.2 Å². The van der Waals surface area contributed by atoms with E-state index in [-0.39, 0.29) is 5.91 Å². The first kappa shape index (κ1) is 32.9. The second kappa shape index (κ2) is 21.6. The van der Waals surface area contributed by atoms with Gasteiger partial charge in [-0.1, -0.05) is 102 Å². The second-order valence-electron chi connectivity index (χ2n) is 7.52. The van der Waals surface area contributed by atoms with Gasteiger partial charge in [0.25, 0.3) is 0 Å². The maximum Gasteiger partial charge on any atom is 0.217 e. The summed E-state index contributed by atoms with van der Waals surface area (Å²) in [5, 5.41) is 2.28. The first-order valence-corrected chi connectivity index (χ1v) is 12.0. The Morgan fingerprint density at radius 2 is 1.47 bits per heavy atom. The molecule has 0 aliphatic rings. The van der Waals surface area contributed by atoms with Crippen molar-refractivity contribution < 1.29 is 14.4 Å². The fourth-order valence-corrected chi connectivity index (χ4v) is 2.78. The minimum Gasteiger partial charge on any atom is -0.370 e. The molecule has 0 heterocycles. The fraction of sp³-hybridized carbons (Fsp3) is 0.367. The molecule has 1 amide bonds. The van der Waals surface area contributed by atoms with Gasteiger partial charge in [-0.15, -0.1) is 0 Å². The standard InChI is InChI=1S/C13H20.C11H8O.C3H7NO.C2H6.CH2O/c1-4-11(2)9-10-13-8-6-5-7-12(13)3;12-8-9-5-6-10-3-1-2-4-11(10)7-9;1-2-3(4)5;2*1-2/h5-8,11H,4,9-10H2,1-3H3;1-8H;2H2,1H3,(H2,4,5);1-2H3;1H2. The average molecular weight is 466 g/mol. The number of nitrogens with two attached hydrogens (primary N) is 1. The van der Waals surface area contributed by atoms with E-state index >= 15 is 0 Å². The van der Waals surface area contributed by atoms with E-state index in [4.69, 9.17) is 4.79 Å². The van der Waals surface area contributed by atoms with Gasteiger partial charge in [-0.25, -0.2) is 0 Å². The Labute approximate surface area is 206 Å². The predicted molar refractivity (Wildman–Crippen MR) is 146 cm³/mol. The zero-order valence-electron chi connectivity index (χ0n) is 21.8. The number of hydrogen-bond acceptors (Lipinski definition) is 3. The molecule has 3 rings (SSSR count). The van der Waals surface area contributed by atoms with Crippen LogP contribution in [-0.4, -0.2) is 19.0 Å². The number of aldehydes is 1. The van der Waals surface area contributed by atoms with Crippen LogP contribution < -0.4 is 5.73 Å². The van der Waals surface area contributed by atoms with Gasteiger partial charge in [0, 0.05) is 12.0 Å². The van der Waals surface area contributed by atoms with Crippen LogP contribution in [0, 0.1) is 12.8 Å². The number of fused-ring (bicyclic) bond motifs is 1. The maximum atomic E-state index is 10.5. The van der Waals surface area contributed by atoms with Gasteiger partial charge in [0.2, 0.25) is 5.91 Å². The molecule has 4 heteroatoms. The van der Waals surface area contributed by atoms with Crippen LogP contribution in [0.4, 0.5) is 0 Å². The molecule has 0 saturated heterocycles. The Balaban J connectivity index is 0. The first-order chi connectivity index (χ1) is 16.4. The van der Waals surface area contributed by atoms with Gasteiger partial charge in [0.1, 0.15) is 13.1 Å². The molecule has 34 heavy (non-hydrogen) atoms. The summed E-state index contributed by atoms with van der Waals surface area (Å²) in [5.41, 5.74) is 8.34. The monoisotopic (exact) mass is 465 g/mol. The molecule has 3 aromatic carbocycles. The summed E-state index contributed by atoms with van der Waals surface area (Å²) in [6, 6.07) is 22.4. The number of rotatable bonds is 6. The topological polar surface area (TPSA) is 77.2 Å². The highest BCUT2D eigenvalue weighted by atomic mass is 16.1. The van der Waals surface area contributed by atoms with Gasteiger partial charge in [0.15, 0.2) is 0 Å². The van der Waals surface area contributed by atoms with Crippen LogP contribution in [0.5, 0.6) is 0 Å². The van der Waals surface area contributed by atoms with E-state index in [2.05, 4.69) is 50.8 Å². The zero-order valence-corrected chi connectivity index (χ0v) is 21.8. The summed E-state index contributed by atoms with van der Waals surface area (Å²) in [6.07, 6.45) is 5.17. The number of aryl methyl sites for hydroxylation is 2. The molecule has 186 valence electrons. The molecular weight excluding hydrogens is 422 g/mol. The number of hydrogen-bond donors (Lipinski definition) is 1. The van der Waals surface area contributed by atoms with E-state index in [1.165, 1.54) is 35.8 Å². The van der Waals surface area contributed by atoms with Gasteiger partial charge in [-0.2, -0.15) is 0 Å². The van der Waals surface area contributed by atoms with Crippen LogP contribution in [0.15, 0.2) is 66.7 Å². The molecule has 0 fully saturated rings. The summed E-state index contributed by atoms with van der Waals surface area (Å²) in [5.74, 6) is 0.615. The molecule has 0 spiro atoms. The molecule has 0 aliphatic carbocycles. The molecule has 0 radical (unpaired) electrons. The normalized spacial score (nSPS) is 9.82. The summed E-state index contributed by atoms with van der Waals surface area (Å²) in [4.78, 5) is 28.0. The van der Waals surface area contributed by atoms with E-state index in [1.807, 2.05) is 63.1 Å². The summed E-state index contributed by atoms with van der Waals surface area (Å²) in [7, 11) is 0. The van der Waals surface area contributed by atoms with Crippen molar-refractivity contribution in [2.24, 2.45) is 11.7 Å². The Kier molecular flexibility index (Phi) is 20.9. The van der Waals surface area contributed by atoms with Crippen molar-refractivity contribution in [3.8, 4) is 0 Å². The van der Waals surface area contributed by atoms with Crippen molar-refractivity contribution in [3.05, 3.63) is 83.4 Å². The lowest BCUT2D eigenvalue weighted by molar-refractivity contribution is -0.117. The Bertz CT molecular complexity index is 937. The summed E-state index contributed by atoms with van der Waals surface area (Å²) < 4.78 is 0. The number of amides is 1. The largest absolute Gasteiger partial charge is 0.370 e. The number of benzene rings is 3. The van der Waals surface area contributed by atoms with Crippen molar-refractivity contribution in [2.45, 2.75) is 67.2 Å². The number of primary amides is 1. The van der Waals surface area contributed by atoms with Gasteiger partial charge >= 0.3 is 0 Å². The highest BCUT2D eigenvalue weighted by molar-refractivity contribution is 5.88. The first-order valence-electron chi connectivity index (χ1n) is 12.0. The van der Waals surface area contributed by atoms with E-state index in [0.29, 0.717) is 6.42 Å². The third-order valence-corrected chi connectivity index (χ3v) is 5.12. The van der Waals surface area contributed by atoms with Gasteiger partial charge in [-0.05, 0) is 53.6 Å². The van der Waals surface area contributed by atoms with E-state index < -0.39 is 0 Å². The number of carbonyl (C=O) groups is 3. The Morgan fingerprint density at radius 1 is 0.941 bits per heavy atom. The highest BCUT2D eigenvalue weighted by Crippen LogP contribution is 2.15. The summed E-state index contributed by atoms with van der Waals surface area (Å²) in [6.45, 7) is 14.5. The minimum absolute atomic E-state index is 0.245. The molecule has 1 unspecified atom stereocenters. The van der Waals surface area contributed by atoms with Crippen LogP contribution in [0.2, 0.25) is 0 Å². The third kappa shape index (κ3) is 14.7. The van der Waals surface area contributed by atoms with Crippen molar-refractivity contribution in [1.82, 2.24) is 0 Å². The molecule has 2 N–H and O–H groups in total. The lowest BCUT2D eigenvalue weighted by Crippen LogP contribution is -2.06. The molecule has 0 aliphatic heterocycles. The van der Waals surface area contributed by atoms with Gasteiger partial charge < -0.3 is 10.5 Å². The van der Waals surface area contributed by atoms with Crippen LogP contribution in [0.3, 0.4) is 0 Å². The summed E-state index contributed by atoms with van der Waals surface area (Å²) >= 11 is 0. The Hall–Kier alpha value is -3.27. The minimum atomic E-state index is -0.245. The smallest absolute Gasteiger partial charge is 0.217 e. The van der Waals surface area contributed by atoms with Crippen molar-refractivity contribution >= 4 is 29.8 Å². The number of carbonyl (C=O) groups excluding carboxylic acids is 3. The van der Waals surface area contributed by atoms with E-state index in [1.54, 1.807) is 6.92 Å². The van der Waals surface area contributed by atoms with Crippen molar-refractivity contribution in [2.75, 3.05) is 0 Å². The van der Waals surface area contributed by atoms with Crippen LogP contribution in [0.25, 0.3) is 10.8 Å². The third-order valence-electron chi connectivity index (χ3n) is 5.12. The fourth-order valence-electron chi connectivity index (χ4n) is 2.78. The predicted octanol–water partition coefficient (Wildman–Crippen LogP) is 7.35. The molecule has 4 nitrogen and oxygen atoms in total. The highest BCUT2D eigenvalue weighted by Gasteiger charge is 2.01. The molecule has 1 atom stereocenters. The molecule has 0 aromatic heterocycles. The van der Waals surface area contributed by atoms with Crippen LogP contribution in [0.1, 0.15) is 75.4 Å². The van der Waals surface area contributed by atoms with Crippen LogP contribution in [-0.2, 0) is 16.0 Å². The van der Waals surface area contributed by atoms with Gasteiger partial charge in [0.05, 0.1) is 0 Å². The van der Waals surface area contributed by atoms with Gasteiger partial charge in [-0.3, -0.25) is 9.59 Å². The molecular formula is C30H43NO3. The quantitative estimate of drug-likeness (QED) is 0.387.